The van der Waals surface area contributed by atoms with Gasteiger partial charge in [0, 0.05) is 27.4 Å². The number of carbonyl (C=O) groups excluding carboxylic acids is 3. The van der Waals surface area contributed by atoms with Crippen LogP contribution in [0.1, 0.15) is 47.0 Å². The van der Waals surface area contributed by atoms with Gasteiger partial charge in [-0.05, 0) is 32.7 Å². The summed E-state index contributed by atoms with van der Waals surface area (Å²) < 4.78 is 47.4. The van der Waals surface area contributed by atoms with Crippen LogP contribution >= 0.6 is 0 Å². The maximum atomic E-state index is 12.7. The second kappa shape index (κ2) is 22.7. The highest BCUT2D eigenvalue weighted by Crippen LogP contribution is 2.35. The van der Waals surface area contributed by atoms with Crippen molar-refractivity contribution in [2.45, 2.75) is 170 Å². The van der Waals surface area contributed by atoms with Crippen molar-refractivity contribution in [2.24, 2.45) is 5.73 Å². The minimum Gasteiger partial charge on any atom is -0.394 e. The van der Waals surface area contributed by atoms with Crippen LogP contribution in [0.4, 0.5) is 0 Å². The average Bonchev–Trinajstić information content (AvgIpc) is 3.18. The predicted molar refractivity (Wildman–Crippen MR) is 194 cm³/mol. The standard InChI is InChI=1S/C35H62N4O20/c1-13-23(46)30(58-32-20(37-14(2)43)26(49)24(47)17(10-40)54-32)21(38-15(3)44)33(53-13)59-31-22(39-16(4)45)34(55-18(11-41)25(31)48)57-29-19(12-42)56-35(28(51)27(29)50)52-9-7-5-6-8-36/h13,17-35,40-42,46-51H,5-12,36H2,1-4H3,(H,37,43)(H,38,44)(H,39,45). The molecule has 0 aliphatic carbocycles. The Labute approximate surface area is 340 Å². The van der Waals surface area contributed by atoms with Gasteiger partial charge in [0.05, 0.1) is 25.9 Å². The first-order valence-electron chi connectivity index (χ1n) is 19.6. The SMILES string of the molecule is CC(=O)NC1C(OC2C(O)C(C)OC(OC3C(O)C(CO)OC(OC4C(CO)OC(OCCCCCN)C(O)C4O)C3NC(C)=O)C2NC(C)=O)OC(CO)C(O)C1O. The number of hydrogen-bond donors (Lipinski definition) is 13. The number of nitrogens with two attached hydrogens (primary N) is 1. The van der Waals surface area contributed by atoms with E-state index in [0.717, 1.165) is 33.6 Å². The predicted octanol–water partition coefficient (Wildman–Crippen LogP) is -7.14. The number of ether oxygens (including phenoxy) is 8. The Morgan fingerprint density at radius 2 is 0.983 bits per heavy atom. The number of rotatable bonds is 18. The molecule has 4 aliphatic heterocycles. The van der Waals surface area contributed by atoms with Gasteiger partial charge in [-0.3, -0.25) is 14.4 Å². The van der Waals surface area contributed by atoms with E-state index in [9.17, 15) is 60.3 Å². The van der Waals surface area contributed by atoms with Crippen molar-refractivity contribution in [3.05, 3.63) is 0 Å². The third-order valence-electron chi connectivity index (χ3n) is 10.5. The molecule has 4 rings (SSSR count). The van der Waals surface area contributed by atoms with Crippen molar-refractivity contribution in [1.82, 2.24) is 16.0 Å². The molecule has 4 fully saturated rings. The zero-order valence-electron chi connectivity index (χ0n) is 33.3. The molecule has 59 heavy (non-hydrogen) atoms. The Bertz CT molecular complexity index is 1340. The molecule has 4 aliphatic rings. The van der Waals surface area contributed by atoms with Crippen molar-refractivity contribution in [3.8, 4) is 0 Å². The van der Waals surface area contributed by atoms with Crippen molar-refractivity contribution < 1.29 is 98.2 Å². The quantitative estimate of drug-likeness (QED) is 0.0570. The Hall–Kier alpha value is -2.31. The number of amides is 3. The first kappa shape index (κ1) is 49.3. The summed E-state index contributed by atoms with van der Waals surface area (Å²) in [7, 11) is 0. The maximum absolute atomic E-state index is 12.7. The van der Waals surface area contributed by atoms with Crippen molar-refractivity contribution in [3.63, 3.8) is 0 Å². The van der Waals surface area contributed by atoms with Gasteiger partial charge in [-0.2, -0.15) is 0 Å². The number of hydrogen-bond acceptors (Lipinski definition) is 21. The molecule has 0 aromatic carbocycles. The fraction of sp³-hybridized carbons (Fsp3) is 0.914. The van der Waals surface area contributed by atoms with Gasteiger partial charge in [-0.1, -0.05) is 0 Å². The van der Waals surface area contributed by atoms with Gasteiger partial charge in [-0.15, -0.1) is 0 Å². The molecule has 14 N–H and O–H groups in total. The Morgan fingerprint density at radius 1 is 0.525 bits per heavy atom. The lowest BCUT2D eigenvalue weighted by Gasteiger charge is -2.51. The topological polar surface area (TPSA) is 369 Å². The number of nitrogens with one attached hydrogen (secondary N) is 3. The number of unbranched alkanes of at least 4 members (excludes halogenated alkanes) is 2. The lowest BCUT2D eigenvalue weighted by Crippen LogP contribution is -2.71. The maximum Gasteiger partial charge on any atom is 0.217 e. The van der Waals surface area contributed by atoms with E-state index in [4.69, 9.17) is 43.6 Å². The molecule has 0 bridgehead atoms. The number of aliphatic hydroxyl groups is 9. The van der Waals surface area contributed by atoms with Crippen LogP contribution in [0, 0.1) is 0 Å². The molecule has 342 valence electrons. The minimum atomic E-state index is -1.78. The second-order valence-corrected chi connectivity index (χ2v) is 15.0. The summed E-state index contributed by atoms with van der Waals surface area (Å²) in [6.07, 6.45) is -24.8. The first-order chi connectivity index (χ1) is 28.0. The van der Waals surface area contributed by atoms with E-state index >= 15 is 0 Å². The monoisotopic (exact) mass is 858 g/mol. The van der Waals surface area contributed by atoms with Crippen LogP contribution in [0.5, 0.6) is 0 Å². The summed E-state index contributed by atoms with van der Waals surface area (Å²) in [6, 6.07) is -4.49. The van der Waals surface area contributed by atoms with Crippen LogP contribution in [-0.2, 0) is 52.3 Å². The molecule has 20 unspecified atom stereocenters. The van der Waals surface area contributed by atoms with E-state index in [-0.39, 0.29) is 6.61 Å². The van der Waals surface area contributed by atoms with Gasteiger partial charge in [0.2, 0.25) is 17.7 Å². The van der Waals surface area contributed by atoms with Crippen molar-refractivity contribution >= 4 is 17.7 Å². The lowest BCUT2D eigenvalue weighted by molar-refractivity contribution is -0.363. The minimum absolute atomic E-state index is 0.144. The van der Waals surface area contributed by atoms with E-state index in [2.05, 4.69) is 16.0 Å². The molecular weight excluding hydrogens is 796 g/mol. The summed E-state index contributed by atoms with van der Waals surface area (Å²) in [5.74, 6) is -2.07. The number of aliphatic hydroxyl groups excluding tert-OH is 9. The fourth-order valence-corrected chi connectivity index (χ4v) is 7.44. The van der Waals surface area contributed by atoms with E-state index in [0.29, 0.717) is 13.0 Å². The van der Waals surface area contributed by atoms with E-state index in [1.165, 1.54) is 6.92 Å². The van der Waals surface area contributed by atoms with E-state index in [1.54, 1.807) is 0 Å². The summed E-state index contributed by atoms with van der Waals surface area (Å²) in [6.45, 7) is 3.01. The van der Waals surface area contributed by atoms with Crippen LogP contribution < -0.4 is 21.7 Å². The highest BCUT2D eigenvalue weighted by Gasteiger charge is 2.56. The van der Waals surface area contributed by atoms with Gasteiger partial charge < -0.3 is 106 Å². The molecule has 4 heterocycles. The van der Waals surface area contributed by atoms with Gasteiger partial charge in [-0.25, -0.2) is 0 Å². The normalized spacial score (nSPS) is 42.8. The van der Waals surface area contributed by atoms with Crippen LogP contribution in [0.2, 0.25) is 0 Å². The second-order valence-electron chi connectivity index (χ2n) is 15.0. The highest BCUT2D eigenvalue weighted by atomic mass is 16.8. The highest BCUT2D eigenvalue weighted by molar-refractivity contribution is 5.74. The fourth-order valence-electron chi connectivity index (χ4n) is 7.44. The summed E-state index contributed by atoms with van der Waals surface area (Å²) in [5.41, 5.74) is 5.52. The molecule has 0 radical (unpaired) electrons. The van der Waals surface area contributed by atoms with E-state index in [1.807, 2.05) is 0 Å². The third-order valence-corrected chi connectivity index (χ3v) is 10.5. The molecule has 0 aromatic rings. The molecule has 20 atom stereocenters. The van der Waals surface area contributed by atoms with Crippen molar-refractivity contribution in [1.29, 1.82) is 0 Å². The Balaban J connectivity index is 1.64. The molecule has 3 amide bonds. The molecule has 4 saturated heterocycles. The first-order valence-corrected chi connectivity index (χ1v) is 19.6. The molecule has 24 heteroatoms. The average molecular weight is 859 g/mol. The Morgan fingerprint density at radius 3 is 1.51 bits per heavy atom. The number of carbonyl (C=O) groups is 3. The molecule has 0 saturated carbocycles. The van der Waals surface area contributed by atoms with Crippen LogP contribution in [0.3, 0.4) is 0 Å². The van der Waals surface area contributed by atoms with Gasteiger partial charge >= 0.3 is 0 Å². The van der Waals surface area contributed by atoms with Crippen LogP contribution in [0.25, 0.3) is 0 Å². The molecule has 0 aromatic heterocycles. The largest absolute Gasteiger partial charge is 0.394 e. The van der Waals surface area contributed by atoms with Crippen molar-refractivity contribution in [2.75, 3.05) is 33.0 Å². The van der Waals surface area contributed by atoms with Crippen LogP contribution in [0.15, 0.2) is 0 Å². The molecule has 0 spiro atoms. The van der Waals surface area contributed by atoms with Gasteiger partial charge in [0.15, 0.2) is 25.2 Å². The summed E-state index contributed by atoms with van der Waals surface area (Å²) in [5, 5.41) is 104. The van der Waals surface area contributed by atoms with E-state index < -0.39 is 160 Å². The Kier molecular flexibility index (Phi) is 19.0. The van der Waals surface area contributed by atoms with Gasteiger partial charge in [0.1, 0.15) is 91.4 Å². The summed E-state index contributed by atoms with van der Waals surface area (Å²) in [4.78, 5) is 37.4. The smallest absolute Gasteiger partial charge is 0.217 e. The lowest BCUT2D eigenvalue weighted by atomic mass is 9.93. The van der Waals surface area contributed by atoms with Gasteiger partial charge in [0.25, 0.3) is 0 Å². The zero-order chi connectivity index (χ0) is 43.7. The zero-order valence-corrected chi connectivity index (χ0v) is 33.3. The summed E-state index contributed by atoms with van der Waals surface area (Å²) >= 11 is 0. The van der Waals surface area contributed by atoms with Crippen LogP contribution in [-0.4, -0.2) is 219 Å². The third kappa shape index (κ3) is 12.2. The molecule has 24 nitrogen and oxygen atoms in total. The molecular formula is C35H62N4O20.